The van der Waals surface area contributed by atoms with Gasteiger partial charge in [0.05, 0.1) is 5.92 Å². The topological polar surface area (TPSA) is 93.4 Å². The quantitative estimate of drug-likeness (QED) is 0.580. The molecule has 1 rings (SSSR count). The predicted octanol–water partition coefficient (Wildman–Crippen LogP) is 1.11. The molecule has 1 aliphatic heterocycles. The summed E-state index contributed by atoms with van der Waals surface area (Å²) in [5.74, 6) is -1.47. The first-order valence-electron chi connectivity index (χ1n) is 6.87. The molecule has 1 saturated heterocycles. The van der Waals surface area contributed by atoms with E-state index in [0.717, 1.165) is 6.42 Å². The van der Waals surface area contributed by atoms with Gasteiger partial charge in [0.25, 0.3) is 5.91 Å². The van der Waals surface area contributed by atoms with Crippen LogP contribution in [0.5, 0.6) is 0 Å². The molecule has 0 aromatic heterocycles. The van der Waals surface area contributed by atoms with Crippen molar-refractivity contribution >= 4 is 11.9 Å². The monoisotopic (exact) mass is 279 g/mol. The van der Waals surface area contributed by atoms with Gasteiger partial charge in [0.2, 0.25) is 0 Å². The fourth-order valence-electron chi connectivity index (χ4n) is 2.00. The van der Waals surface area contributed by atoms with Crippen LogP contribution in [0.1, 0.15) is 33.1 Å². The number of amides is 1. The molecular formula is C14H21N3O3. The first-order valence-corrected chi connectivity index (χ1v) is 6.87. The molecule has 110 valence electrons. The zero-order valence-corrected chi connectivity index (χ0v) is 11.9. The highest BCUT2D eigenvalue weighted by Gasteiger charge is 2.24. The number of carboxylic acids is 1. The number of piperidine rings is 1. The molecule has 2 N–H and O–H groups in total. The normalized spacial score (nSPS) is 18.2. The van der Waals surface area contributed by atoms with E-state index in [0.29, 0.717) is 25.9 Å². The number of nitrogens with zero attached hydrogens (tertiary/aromatic N) is 2. The Balaban J connectivity index is 2.60. The average Bonchev–Trinajstić information content (AvgIpc) is 2.44. The third kappa shape index (κ3) is 4.57. The number of aliphatic carboxylic acids is 1. The summed E-state index contributed by atoms with van der Waals surface area (Å²) >= 11 is 0. The predicted molar refractivity (Wildman–Crippen MR) is 73.5 cm³/mol. The van der Waals surface area contributed by atoms with Crippen LogP contribution in [0.3, 0.4) is 0 Å². The van der Waals surface area contributed by atoms with Crippen molar-refractivity contribution in [3.8, 4) is 6.07 Å². The lowest BCUT2D eigenvalue weighted by molar-refractivity contribution is -0.143. The Labute approximate surface area is 119 Å². The molecule has 1 fully saturated rings. The third-order valence-corrected chi connectivity index (χ3v) is 3.55. The van der Waals surface area contributed by atoms with Crippen molar-refractivity contribution in [2.75, 3.05) is 13.1 Å². The van der Waals surface area contributed by atoms with Crippen molar-refractivity contribution < 1.29 is 14.7 Å². The molecule has 1 aliphatic rings. The number of rotatable bonds is 5. The Hall–Kier alpha value is -2.03. The summed E-state index contributed by atoms with van der Waals surface area (Å²) in [5, 5.41) is 20.7. The number of carbonyl (C=O) groups excluding carboxylic acids is 1. The SMILES string of the molecule is CCC(C)NC(=O)/C(C#N)=C\N1CCC(C(=O)O)CC1. The zero-order chi connectivity index (χ0) is 15.1. The van der Waals surface area contributed by atoms with E-state index in [1.807, 2.05) is 24.8 Å². The highest BCUT2D eigenvalue weighted by Crippen LogP contribution is 2.18. The summed E-state index contributed by atoms with van der Waals surface area (Å²) in [4.78, 5) is 24.6. The number of nitrogens with one attached hydrogen (secondary N) is 1. The van der Waals surface area contributed by atoms with Gasteiger partial charge in [0, 0.05) is 25.3 Å². The van der Waals surface area contributed by atoms with Gasteiger partial charge in [0.15, 0.2) is 0 Å². The van der Waals surface area contributed by atoms with E-state index in [1.165, 1.54) is 6.20 Å². The van der Waals surface area contributed by atoms with Crippen LogP contribution < -0.4 is 5.32 Å². The first kappa shape index (κ1) is 16.0. The average molecular weight is 279 g/mol. The van der Waals surface area contributed by atoms with Crippen LogP contribution >= 0.6 is 0 Å². The van der Waals surface area contributed by atoms with Gasteiger partial charge in [-0.15, -0.1) is 0 Å². The van der Waals surface area contributed by atoms with Crippen LogP contribution in [0, 0.1) is 17.2 Å². The number of carbonyl (C=O) groups is 2. The van der Waals surface area contributed by atoms with Gasteiger partial charge >= 0.3 is 5.97 Å². The molecule has 0 spiro atoms. The van der Waals surface area contributed by atoms with Gasteiger partial charge in [0.1, 0.15) is 11.6 Å². The summed E-state index contributed by atoms with van der Waals surface area (Å²) in [6.45, 7) is 4.94. The number of hydrogen-bond donors (Lipinski definition) is 2. The Morgan fingerprint density at radius 2 is 2.10 bits per heavy atom. The minimum atomic E-state index is -0.774. The molecule has 0 aromatic carbocycles. The van der Waals surface area contributed by atoms with Gasteiger partial charge < -0.3 is 15.3 Å². The molecule has 1 atom stereocenters. The lowest BCUT2D eigenvalue weighted by Gasteiger charge is -2.29. The Bertz CT molecular complexity index is 431. The van der Waals surface area contributed by atoms with Crippen LogP contribution in [0.4, 0.5) is 0 Å². The smallest absolute Gasteiger partial charge is 0.306 e. The maximum Gasteiger partial charge on any atom is 0.306 e. The van der Waals surface area contributed by atoms with Crippen LogP contribution in [0.2, 0.25) is 0 Å². The molecule has 1 heterocycles. The van der Waals surface area contributed by atoms with Crippen LogP contribution in [-0.2, 0) is 9.59 Å². The molecule has 0 aliphatic carbocycles. The molecular weight excluding hydrogens is 258 g/mol. The van der Waals surface area contributed by atoms with Crippen molar-refractivity contribution in [3.05, 3.63) is 11.8 Å². The van der Waals surface area contributed by atoms with Crippen LogP contribution in [-0.4, -0.2) is 41.0 Å². The summed E-state index contributed by atoms with van der Waals surface area (Å²) in [6.07, 6.45) is 3.42. The van der Waals surface area contributed by atoms with Crippen molar-refractivity contribution in [1.82, 2.24) is 10.2 Å². The number of carboxylic acid groups (broad SMARTS) is 1. The van der Waals surface area contributed by atoms with Gasteiger partial charge in [-0.25, -0.2) is 0 Å². The largest absolute Gasteiger partial charge is 0.481 e. The van der Waals surface area contributed by atoms with Crippen molar-refractivity contribution in [1.29, 1.82) is 5.26 Å². The van der Waals surface area contributed by atoms with E-state index in [9.17, 15) is 9.59 Å². The van der Waals surface area contributed by atoms with Gasteiger partial charge in [-0.2, -0.15) is 5.26 Å². The second kappa shape index (κ2) is 7.53. The minimum Gasteiger partial charge on any atom is -0.481 e. The lowest BCUT2D eigenvalue weighted by Crippen LogP contribution is -2.36. The Kier molecular flexibility index (Phi) is 6.04. The molecule has 0 saturated carbocycles. The number of likely N-dealkylation sites (tertiary alicyclic amines) is 1. The zero-order valence-electron chi connectivity index (χ0n) is 11.9. The van der Waals surface area contributed by atoms with E-state index in [-0.39, 0.29) is 23.4 Å². The van der Waals surface area contributed by atoms with E-state index >= 15 is 0 Å². The molecule has 0 radical (unpaired) electrons. The highest BCUT2D eigenvalue weighted by atomic mass is 16.4. The minimum absolute atomic E-state index is 0.0250. The maximum absolute atomic E-state index is 11.9. The molecule has 1 amide bonds. The maximum atomic E-state index is 11.9. The summed E-state index contributed by atoms with van der Waals surface area (Å²) < 4.78 is 0. The van der Waals surface area contributed by atoms with E-state index < -0.39 is 5.97 Å². The number of nitriles is 1. The lowest BCUT2D eigenvalue weighted by atomic mass is 9.97. The highest BCUT2D eigenvalue weighted by molar-refractivity contribution is 5.97. The Morgan fingerprint density at radius 3 is 2.55 bits per heavy atom. The molecule has 0 bridgehead atoms. The fourth-order valence-corrected chi connectivity index (χ4v) is 2.00. The van der Waals surface area contributed by atoms with Crippen LogP contribution in [0.15, 0.2) is 11.8 Å². The number of hydrogen-bond acceptors (Lipinski definition) is 4. The Morgan fingerprint density at radius 1 is 1.50 bits per heavy atom. The molecule has 20 heavy (non-hydrogen) atoms. The van der Waals surface area contributed by atoms with Crippen molar-refractivity contribution in [2.45, 2.75) is 39.2 Å². The van der Waals surface area contributed by atoms with Crippen molar-refractivity contribution in [3.63, 3.8) is 0 Å². The van der Waals surface area contributed by atoms with Crippen molar-refractivity contribution in [2.24, 2.45) is 5.92 Å². The second-order valence-corrected chi connectivity index (χ2v) is 5.09. The van der Waals surface area contributed by atoms with Gasteiger partial charge in [-0.1, -0.05) is 6.92 Å². The molecule has 1 unspecified atom stereocenters. The molecule has 6 heteroatoms. The van der Waals surface area contributed by atoms with Gasteiger partial charge in [-0.05, 0) is 26.2 Å². The molecule has 6 nitrogen and oxygen atoms in total. The summed E-state index contributed by atoms with van der Waals surface area (Å²) in [7, 11) is 0. The standard InChI is InChI=1S/C14H21N3O3/c1-3-10(2)16-13(18)12(8-15)9-17-6-4-11(5-7-17)14(19)20/h9-11H,3-7H2,1-2H3,(H,16,18)(H,19,20)/b12-9-. The fraction of sp³-hybridized carbons (Fsp3) is 0.643. The van der Waals surface area contributed by atoms with Crippen LogP contribution in [0.25, 0.3) is 0 Å². The molecule has 0 aromatic rings. The second-order valence-electron chi connectivity index (χ2n) is 5.09. The third-order valence-electron chi connectivity index (χ3n) is 3.55. The van der Waals surface area contributed by atoms with Gasteiger partial charge in [-0.3, -0.25) is 9.59 Å². The van der Waals surface area contributed by atoms with E-state index in [1.54, 1.807) is 0 Å². The summed E-state index contributed by atoms with van der Waals surface area (Å²) in [6, 6.07) is 1.93. The van der Waals surface area contributed by atoms with E-state index in [2.05, 4.69) is 5.32 Å². The summed E-state index contributed by atoms with van der Waals surface area (Å²) in [5.41, 5.74) is 0.0686. The first-order chi connectivity index (χ1) is 9.47. The van der Waals surface area contributed by atoms with E-state index in [4.69, 9.17) is 10.4 Å².